The van der Waals surface area contributed by atoms with Crippen molar-refractivity contribution in [1.82, 2.24) is 15.2 Å². The average molecular weight is 467 g/mol. The number of rotatable bonds is 4. The summed E-state index contributed by atoms with van der Waals surface area (Å²) in [5.74, 6) is -0.960. The predicted octanol–water partition coefficient (Wildman–Crippen LogP) is 0.0941. The van der Waals surface area contributed by atoms with Crippen molar-refractivity contribution in [1.29, 1.82) is 0 Å². The van der Waals surface area contributed by atoms with E-state index in [1.165, 1.54) is 13.0 Å². The molecule has 2 heterocycles. The molecule has 3 aliphatic rings. The van der Waals surface area contributed by atoms with Gasteiger partial charge in [-0.15, -0.1) is 0 Å². The van der Waals surface area contributed by atoms with E-state index in [4.69, 9.17) is 5.73 Å². The van der Waals surface area contributed by atoms with Crippen LogP contribution in [0.15, 0.2) is 29.1 Å². The number of phenols is 1. The number of amides is 2. The second kappa shape index (κ2) is 7.41. The monoisotopic (exact) mass is 466 g/mol. The molecule has 1 aromatic heterocycles. The van der Waals surface area contributed by atoms with Gasteiger partial charge in [-0.1, -0.05) is 6.07 Å². The standard InChI is InChI=1S/C25H30N4O5/c1-12-4-5-16(30)7-18(12)24-8-15-11-29(3)20(15)25(24,34)9-14-6-17(23(33)28-19(14)10-24)22(32)27-13(2)21(26)31/h4-7,13,15,20,30,34H,8-11H2,1-3H3,(H2,26,31)(H,27,32)(H,28,33). The van der Waals surface area contributed by atoms with Gasteiger partial charge in [0.25, 0.3) is 11.5 Å². The Bertz CT molecular complexity index is 1270. The molecule has 1 saturated carbocycles. The van der Waals surface area contributed by atoms with E-state index in [0.717, 1.165) is 24.1 Å². The Morgan fingerprint density at radius 3 is 2.71 bits per heavy atom. The Balaban J connectivity index is 1.62. The van der Waals surface area contributed by atoms with Gasteiger partial charge in [-0.25, -0.2) is 0 Å². The summed E-state index contributed by atoms with van der Waals surface area (Å²) in [6.45, 7) is 4.30. The largest absolute Gasteiger partial charge is 0.508 e. The molecular weight excluding hydrogens is 436 g/mol. The second-order valence-electron chi connectivity index (χ2n) is 10.3. The summed E-state index contributed by atoms with van der Waals surface area (Å²) in [6.07, 6.45) is 1.38. The number of hydrogen-bond donors (Lipinski definition) is 5. The van der Waals surface area contributed by atoms with Crippen molar-refractivity contribution in [3.05, 3.63) is 62.6 Å². The van der Waals surface area contributed by atoms with Crippen molar-refractivity contribution in [3.63, 3.8) is 0 Å². The van der Waals surface area contributed by atoms with Crippen molar-refractivity contribution < 1.29 is 19.8 Å². The van der Waals surface area contributed by atoms with Gasteiger partial charge in [0.2, 0.25) is 5.91 Å². The van der Waals surface area contributed by atoms with Gasteiger partial charge in [-0.3, -0.25) is 19.3 Å². The predicted molar refractivity (Wildman–Crippen MR) is 125 cm³/mol. The van der Waals surface area contributed by atoms with Crippen LogP contribution < -0.4 is 16.6 Å². The minimum Gasteiger partial charge on any atom is -0.508 e. The van der Waals surface area contributed by atoms with Gasteiger partial charge in [-0.2, -0.15) is 0 Å². The topological polar surface area (TPSA) is 149 Å². The number of likely N-dealkylation sites (N-methyl/N-ethyl adjacent to an activating group) is 1. The SMILES string of the molecule is Cc1ccc(O)cc1C12Cc3[nH]c(=O)c(C(=O)NC(C)C(N)=O)cc3CC1(O)C1C(CN1C)C2. The van der Waals surface area contributed by atoms with Crippen LogP contribution in [0.2, 0.25) is 0 Å². The number of likely N-dealkylation sites (tertiary alicyclic amines) is 1. The molecule has 2 fully saturated rings. The molecule has 1 aliphatic heterocycles. The van der Waals surface area contributed by atoms with E-state index >= 15 is 0 Å². The van der Waals surface area contributed by atoms with Gasteiger partial charge in [0.1, 0.15) is 17.4 Å². The number of aromatic nitrogens is 1. The van der Waals surface area contributed by atoms with Crippen LogP contribution in [0, 0.1) is 12.8 Å². The number of aryl methyl sites for hydroxylation is 1. The number of hydrogen-bond acceptors (Lipinski definition) is 6. The van der Waals surface area contributed by atoms with Crippen LogP contribution in [0.1, 0.15) is 46.1 Å². The maximum Gasteiger partial charge on any atom is 0.261 e. The van der Waals surface area contributed by atoms with E-state index < -0.39 is 34.4 Å². The number of nitrogens with one attached hydrogen (secondary N) is 2. The first-order valence-electron chi connectivity index (χ1n) is 11.5. The Morgan fingerprint density at radius 2 is 2.03 bits per heavy atom. The number of H-pyrrole nitrogens is 1. The van der Waals surface area contributed by atoms with Crippen molar-refractivity contribution in [2.75, 3.05) is 13.6 Å². The first kappa shape index (κ1) is 22.6. The molecule has 2 aliphatic carbocycles. The number of primary amides is 1. The van der Waals surface area contributed by atoms with Crippen LogP contribution in [0.3, 0.4) is 0 Å². The highest BCUT2D eigenvalue weighted by atomic mass is 16.3. The second-order valence-corrected chi connectivity index (χ2v) is 10.3. The number of carbonyl (C=O) groups excluding carboxylic acids is 2. The Kier molecular flexibility index (Phi) is 4.93. The minimum atomic E-state index is -1.15. The molecule has 5 rings (SSSR count). The summed E-state index contributed by atoms with van der Waals surface area (Å²) < 4.78 is 0. The Labute approximate surface area is 197 Å². The highest BCUT2D eigenvalue weighted by Gasteiger charge is 2.70. The van der Waals surface area contributed by atoms with Crippen molar-refractivity contribution in [2.45, 2.75) is 56.2 Å². The molecule has 9 nitrogen and oxygen atoms in total. The minimum absolute atomic E-state index is 0.0681. The molecule has 1 aromatic carbocycles. The number of nitrogens with zero attached hydrogens (tertiary/aromatic N) is 1. The molecule has 180 valence electrons. The zero-order valence-electron chi connectivity index (χ0n) is 19.5. The van der Waals surface area contributed by atoms with Crippen molar-refractivity contribution in [2.24, 2.45) is 11.7 Å². The lowest BCUT2D eigenvalue weighted by molar-refractivity contribution is -0.119. The van der Waals surface area contributed by atoms with E-state index in [2.05, 4.69) is 15.2 Å². The number of aromatic amines is 1. The van der Waals surface area contributed by atoms with Crippen LogP contribution in [0.4, 0.5) is 0 Å². The fourth-order valence-corrected chi connectivity index (χ4v) is 6.74. The maximum atomic E-state index is 12.9. The first-order valence-corrected chi connectivity index (χ1v) is 11.5. The molecule has 2 aromatic rings. The number of fused-ring (bicyclic) bond motifs is 4. The normalized spacial score (nSPS) is 30.5. The summed E-state index contributed by atoms with van der Waals surface area (Å²) in [5.41, 5.74) is 5.97. The van der Waals surface area contributed by atoms with E-state index in [9.17, 15) is 24.6 Å². The number of phenolic OH excluding ortho intramolecular Hbond substituents is 1. The Morgan fingerprint density at radius 1 is 1.29 bits per heavy atom. The highest BCUT2D eigenvalue weighted by Crippen LogP contribution is 2.61. The van der Waals surface area contributed by atoms with Crippen molar-refractivity contribution in [3.8, 4) is 5.75 Å². The zero-order valence-corrected chi connectivity index (χ0v) is 19.5. The molecule has 1 saturated heterocycles. The molecule has 9 heteroatoms. The van der Waals surface area contributed by atoms with Crippen LogP contribution in [0.5, 0.6) is 5.75 Å². The van der Waals surface area contributed by atoms with E-state index in [1.54, 1.807) is 12.1 Å². The summed E-state index contributed by atoms with van der Waals surface area (Å²) in [4.78, 5) is 41.9. The molecule has 0 radical (unpaired) electrons. The van der Waals surface area contributed by atoms with E-state index in [-0.39, 0.29) is 29.7 Å². The van der Waals surface area contributed by atoms with Gasteiger partial charge < -0.3 is 26.2 Å². The fourth-order valence-electron chi connectivity index (χ4n) is 6.74. The van der Waals surface area contributed by atoms with Gasteiger partial charge in [-0.05, 0) is 68.1 Å². The summed E-state index contributed by atoms with van der Waals surface area (Å²) in [6, 6.07) is 5.77. The summed E-state index contributed by atoms with van der Waals surface area (Å²) >= 11 is 0. The number of carbonyl (C=O) groups is 2. The third-order valence-corrected chi connectivity index (χ3v) is 8.28. The van der Waals surface area contributed by atoms with Crippen LogP contribution in [0.25, 0.3) is 0 Å². The zero-order chi connectivity index (χ0) is 24.6. The lowest BCUT2D eigenvalue weighted by atomic mass is 9.59. The number of aliphatic hydroxyl groups is 1. The molecule has 6 N–H and O–H groups in total. The van der Waals surface area contributed by atoms with E-state index in [0.29, 0.717) is 17.7 Å². The Hall–Kier alpha value is -3.17. The molecule has 34 heavy (non-hydrogen) atoms. The fraction of sp³-hybridized carbons (Fsp3) is 0.480. The van der Waals surface area contributed by atoms with Gasteiger partial charge in [0.15, 0.2) is 0 Å². The average Bonchev–Trinajstić information content (AvgIpc) is 2.95. The van der Waals surface area contributed by atoms with Gasteiger partial charge >= 0.3 is 0 Å². The van der Waals surface area contributed by atoms with Crippen LogP contribution in [-0.4, -0.2) is 63.2 Å². The third kappa shape index (κ3) is 3.03. The number of pyridine rings is 1. The molecule has 5 unspecified atom stereocenters. The molecule has 0 bridgehead atoms. The van der Waals surface area contributed by atoms with E-state index in [1.807, 2.05) is 20.0 Å². The number of aromatic hydroxyl groups is 1. The summed E-state index contributed by atoms with van der Waals surface area (Å²) in [7, 11) is 2.00. The number of benzene rings is 1. The lowest BCUT2D eigenvalue weighted by Gasteiger charge is -2.53. The quantitative estimate of drug-likeness (QED) is 0.431. The van der Waals surface area contributed by atoms with Crippen LogP contribution >= 0.6 is 0 Å². The molecule has 5 atom stereocenters. The van der Waals surface area contributed by atoms with Crippen molar-refractivity contribution >= 4 is 11.8 Å². The van der Waals surface area contributed by atoms with Gasteiger partial charge in [0.05, 0.1) is 5.60 Å². The molecule has 0 spiro atoms. The molecule has 2 amide bonds. The maximum absolute atomic E-state index is 12.9. The lowest BCUT2D eigenvalue weighted by Crippen LogP contribution is -2.67. The van der Waals surface area contributed by atoms with Gasteiger partial charge in [0, 0.05) is 36.5 Å². The summed E-state index contributed by atoms with van der Waals surface area (Å²) in [5, 5.41) is 25.1. The number of nitrogens with two attached hydrogens (primary N) is 1. The first-order chi connectivity index (χ1) is 16.0. The smallest absolute Gasteiger partial charge is 0.261 e. The third-order valence-electron chi connectivity index (χ3n) is 8.28. The highest BCUT2D eigenvalue weighted by molar-refractivity contribution is 5.97. The molecular formula is C25H30N4O5. The van der Waals surface area contributed by atoms with Crippen LogP contribution in [-0.2, 0) is 23.1 Å².